The molecule has 132 valence electrons. The molecular formula is C21H17ClFNO2. The maximum atomic E-state index is 13.7. The lowest BCUT2D eigenvalue weighted by Gasteiger charge is -2.14. The number of hydrogen-bond donors (Lipinski definition) is 1. The SMILES string of the molecule is Cc1c(Cl)cccc1Nc1cc(F)ccc1C(=O)OCc1ccccc1. The number of esters is 1. The highest BCUT2D eigenvalue weighted by Crippen LogP contribution is 2.28. The van der Waals surface area contributed by atoms with Crippen LogP contribution in [0.1, 0.15) is 21.5 Å². The van der Waals surface area contributed by atoms with Crippen molar-refractivity contribution in [3.63, 3.8) is 0 Å². The van der Waals surface area contributed by atoms with Crippen molar-refractivity contribution in [2.75, 3.05) is 5.32 Å². The molecule has 3 rings (SSSR count). The fraction of sp³-hybridized carbons (Fsp3) is 0.0952. The van der Waals surface area contributed by atoms with Crippen molar-refractivity contribution in [2.24, 2.45) is 0 Å². The fourth-order valence-electron chi connectivity index (χ4n) is 2.49. The zero-order chi connectivity index (χ0) is 18.5. The van der Waals surface area contributed by atoms with Gasteiger partial charge in [0.05, 0.1) is 11.3 Å². The van der Waals surface area contributed by atoms with E-state index in [4.69, 9.17) is 16.3 Å². The van der Waals surface area contributed by atoms with E-state index in [1.165, 1.54) is 18.2 Å². The van der Waals surface area contributed by atoms with Crippen LogP contribution < -0.4 is 5.32 Å². The minimum absolute atomic E-state index is 0.146. The summed E-state index contributed by atoms with van der Waals surface area (Å²) in [4.78, 5) is 12.5. The number of rotatable bonds is 5. The van der Waals surface area contributed by atoms with Gasteiger partial charge in [-0.15, -0.1) is 0 Å². The zero-order valence-electron chi connectivity index (χ0n) is 14.1. The highest BCUT2D eigenvalue weighted by Gasteiger charge is 2.15. The second-order valence-electron chi connectivity index (χ2n) is 5.79. The summed E-state index contributed by atoms with van der Waals surface area (Å²) >= 11 is 6.13. The molecule has 0 saturated carbocycles. The minimum atomic E-state index is -0.531. The Labute approximate surface area is 156 Å². The maximum absolute atomic E-state index is 13.7. The van der Waals surface area contributed by atoms with Gasteiger partial charge in [0.2, 0.25) is 0 Å². The third kappa shape index (κ3) is 4.21. The van der Waals surface area contributed by atoms with Gasteiger partial charge < -0.3 is 10.1 Å². The molecule has 0 saturated heterocycles. The molecule has 0 unspecified atom stereocenters. The monoisotopic (exact) mass is 369 g/mol. The van der Waals surface area contributed by atoms with Crippen LogP contribution in [0.2, 0.25) is 5.02 Å². The van der Waals surface area contributed by atoms with Gasteiger partial charge in [0, 0.05) is 10.7 Å². The molecule has 0 radical (unpaired) electrons. The molecule has 0 atom stereocenters. The lowest BCUT2D eigenvalue weighted by Crippen LogP contribution is -2.09. The van der Waals surface area contributed by atoms with Gasteiger partial charge in [-0.2, -0.15) is 0 Å². The van der Waals surface area contributed by atoms with Crippen LogP contribution >= 0.6 is 11.6 Å². The molecule has 0 aliphatic rings. The molecule has 5 heteroatoms. The van der Waals surface area contributed by atoms with Crippen molar-refractivity contribution < 1.29 is 13.9 Å². The van der Waals surface area contributed by atoms with Crippen LogP contribution in [-0.2, 0) is 11.3 Å². The van der Waals surface area contributed by atoms with Gasteiger partial charge in [0.15, 0.2) is 0 Å². The molecule has 0 aliphatic heterocycles. The number of halogens is 2. The van der Waals surface area contributed by atoms with E-state index in [1.54, 1.807) is 12.1 Å². The first kappa shape index (κ1) is 18.0. The number of nitrogens with one attached hydrogen (secondary N) is 1. The van der Waals surface area contributed by atoms with Crippen molar-refractivity contribution in [1.29, 1.82) is 0 Å². The molecule has 0 spiro atoms. The first-order chi connectivity index (χ1) is 12.5. The fourth-order valence-corrected chi connectivity index (χ4v) is 2.66. The van der Waals surface area contributed by atoms with E-state index < -0.39 is 11.8 Å². The summed E-state index contributed by atoms with van der Waals surface area (Å²) in [6, 6.07) is 18.6. The van der Waals surface area contributed by atoms with Crippen LogP contribution in [0.5, 0.6) is 0 Å². The molecule has 0 heterocycles. The third-order valence-corrected chi connectivity index (χ3v) is 4.36. The summed E-state index contributed by atoms with van der Waals surface area (Å²) in [5.74, 6) is -0.983. The van der Waals surface area contributed by atoms with E-state index in [9.17, 15) is 9.18 Å². The molecule has 3 aromatic carbocycles. The molecule has 3 nitrogen and oxygen atoms in total. The first-order valence-electron chi connectivity index (χ1n) is 8.07. The average Bonchev–Trinajstić information content (AvgIpc) is 2.64. The van der Waals surface area contributed by atoms with E-state index in [2.05, 4.69) is 5.32 Å². The standard InChI is InChI=1S/C21H17ClFNO2/c1-14-18(22)8-5-9-19(14)24-20-12-16(23)10-11-17(20)21(25)26-13-15-6-3-2-4-7-15/h2-12,24H,13H2,1H3. The lowest BCUT2D eigenvalue weighted by molar-refractivity contribution is 0.0474. The Morgan fingerprint density at radius 3 is 2.58 bits per heavy atom. The summed E-state index contributed by atoms with van der Waals surface area (Å²) in [5, 5.41) is 3.66. The number of benzene rings is 3. The topological polar surface area (TPSA) is 38.3 Å². The maximum Gasteiger partial charge on any atom is 0.340 e. The molecule has 26 heavy (non-hydrogen) atoms. The Bertz CT molecular complexity index is 929. The largest absolute Gasteiger partial charge is 0.457 e. The Kier molecular flexibility index (Phi) is 5.54. The Hall–Kier alpha value is -2.85. The summed E-state index contributed by atoms with van der Waals surface area (Å²) < 4.78 is 19.1. The lowest BCUT2D eigenvalue weighted by atomic mass is 10.1. The predicted molar refractivity (Wildman–Crippen MR) is 101 cm³/mol. The van der Waals surface area contributed by atoms with Crippen molar-refractivity contribution in [3.8, 4) is 0 Å². The second-order valence-corrected chi connectivity index (χ2v) is 6.20. The Balaban J connectivity index is 1.83. The van der Waals surface area contributed by atoms with E-state index >= 15 is 0 Å². The number of carbonyl (C=O) groups excluding carboxylic acids is 1. The molecular weight excluding hydrogens is 353 g/mol. The zero-order valence-corrected chi connectivity index (χ0v) is 14.9. The third-order valence-electron chi connectivity index (χ3n) is 3.95. The van der Waals surface area contributed by atoms with E-state index in [0.717, 1.165) is 11.1 Å². The van der Waals surface area contributed by atoms with Crippen LogP contribution in [0.25, 0.3) is 0 Å². The van der Waals surface area contributed by atoms with Gasteiger partial charge in [-0.25, -0.2) is 9.18 Å². The number of anilines is 2. The normalized spacial score (nSPS) is 10.4. The number of carbonyl (C=O) groups is 1. The summed E-state index contributed by atoms with van der Waals surface area (Å²) in [6.07, 6.45) is 0. The van der Waals surface area contributed by atoms with E-state index in [0.29, 0.717) is 16.4 Å². The number of hydrogen-bond acceptors (Lipinski definition) is 3. The van der Waals surface area contributed by atoms with Crippen LogP contribution in [0.15, 0.2) is 66.7 Å². The van der Waals surface area contributed by atoms with Gasteiger partial charge in [-0.05, 0) is 48.4 Å². The molecule has 0 aromatic heterocycles. The molecule has 0 fully saturated rings. The Morgan fingerprint density at radius 2 is 1.81 bits per heavy atom. The van der Waals surface area contributed by atoms with Crippen LogP contribution in [0.4, 0.5) is 15.8 Å². The summed E-state index contributed by atoms with van der Waals surface area (Å²) in [5.41, 5.74) is 2.96. The summed E-state index contributed by atoms with van der Waals surface area (Å²) in [7, 11) is 0. The molecule has 0 amide bonds. The predicted octanol–water partition coefficient (Wildman–Crippen LogP) is 5.89. The van der Waals surface area contributed by atoms with Crippen molar-refractivity contribution in [3.05, 3.63) is 94.3 Å². The van der Waals surface area contributed by atoms with E-state index in [1.807, 2.05) is 43.3 Å². The van der Waals surface area contributed by atoms with Gasteiger partial charge in [0.25, 0.3) is 0 Å². The highest BCUT2D eigenvalue weighted by molar-refractivity contribution is 6.31. The minimum Gasteiger partial charge on any atom is -0.457 e. The molecule has 3 aromatic rings. The quantitative estimate of drug-likeness (QED) is 0.570. The van der Waals surface area contributed by atoms with Crippen molar-refractivity contribution in [2.45, 2.75) is 13.5 Å². The number of ether oxygens (including phenoxy) is 1. The van der Waals surface area contributed by atoms with Crippen LogP contribution in [-0.4, -0.2) is 5.97 Å². The smallest absolute Gasteiger partial charge is 0.340 e. The van der Waals surface area contributed by atoms with E-state index in [-0.39, 0.29) is 12.2 Å². The van der Waals surface area contributed by atoms with Gasteiger partial charge in [-0.1, -0.05) is 48.0 Å². The van der Waals surface area contributed by atoms with Gasteiger partial charge in [0.1, 0.15) is 12.4 Å². The average molecular weight is 370 g/mol. The van der Waals surface area contributed by atoms with Gasteiger partial charge in [-0.3, -0.25) is 0 Å². The van der Waals surface area contributed by atoms with Crippen molar-refractivity contribution >= 4 is 28.9 Å². The molecule has 0 bridgehead atoms. The first-order valence-corrected chi connectivity index (χ1v) is 8.45. The molecule has 0 aliphatic carbocycles. The molecule has 1 N–H and O–H groups in total. The van der Waals surface area contributed by atoms with Crippen LogP contribution in [0, 0.1) is 12.7 Å². The van der Waals surface area contributed by atoms with Crippen LogP contribution in [0.3, 0.4) is 0 Å². The van der Waals surface area contributed by atoms with Crippen molar-refractivity contribution in [1.82, 2.24) is 0 Å². The highest BCUT2D eigenvalue weighted by atomic mass is 35.5. The second kappa shape index (κ2) is 8.02. The van der Waals surface area contributed by atoms with Gasteiger partial charge >= 0.3 is 5.97 Å². The Morgan fingerprint density at radius 1 is 1.04 bits per heavy atom. The summed E-state index contributed by atoms with van der Waals surface area (Å²) in [6.45, 7) is 1.99.